The highest BCUT2D eigenvalue weighted by Crippen LogP contribution is 2.30. The number of methoxy groups -OCH3 is 1. The van der Waals surface area contributed by atoms with Gasteiger partial charge >= 0.3 is 5.97 Å². The van der Waals surface area contributed by atoms with Crippen LogP contribution in [0.5, 0.6) is 5.75 Å². The number of carbonyl (C=O) groups excluding carboxylic acids is 2. The van der Waals surface area contributed by atoms with Crippen molar-refractivity contribution in [3.8, 4) is 5.75 Å². The first kappa shape index (κ1) is 19.7. The highest BCUT2D eigenvalue weighted by atomic mass is 35.5. The summed E-state index contributed by atoms with van der Waals surface area (Å²) in [6, 6.07) is 6.83. The van der Waals surface area contributed by atoms with Gasteiger partial charge < -0.3 is 14.8 Å². The van der Waals surface area contributed by atoms with Gasteiger partial charge in [-0.3, -0.25) is 4.79 Å². The second-order valence-corrected chi connectivity index (χ2v) is 8.07. The fraction of sp³-hybridized carbons (Fsp3) is 0.400. The lowest BCUT2D eigenvalue weighted by Gasteiger charge is -2.15. The largest absolute Gasteiger partial charge is 0.495 e. The van der Waals surface area contributed by atoms with Crippen molar-refractivity contribution in [1.29, 1.82) is 0 Å². The van der Waals surface area contributed by atoms with Gasteiger partial charge in [-0.25, -0.2) is 4.79 Å². The molecule has 0 spiro atoms. The number of hydrogen-bond acceptors (Lipinski definition) is 5. The standard InChI is InChI=1S/C20H22ClNO4S/c1-12(19(23)22-15-11-14(21)8-9-16(15)25-2)26-20(24)18-10-13-6-4-3-5-7-17(13)27-18/h8-12H,3-7H2,1-2H3,(H,22,23). The zero-order valence-electron chi connectivity index (χ0n) is 15.3. The van der Waals surface area contributed by atoms with E-state index in [4.69, 9.17) is 21.1 Å². The topological polar surface area (TPSA) is 64.6 Å². The number of hydrogen-bond donors (Lipinski definition) is 1. The Labute approximate surface area is 167 Å². The van der Waals surface area contributed by atoms with Crippen LogP contribution in [-0.2, 0) is 22.4 Å². The second-order valence-electron chi connectivity index (χ2n) is 6.50. The van der Waals surface area contributed by atoms with E-state index in [0.717, 1.165) is 25.7 Å². The average Bonchev–Trinajstić information content (AvgIpc) is 2.92. The zero-order chi connectivity index (χ0) is 19.4. The molecule has 1 amide bonds. The summed E-state index contributed by atoms with van der Waals surface area (Å²) in [6.45, 7) is 1.54. The second kappa shape index (κ2) is 8.76. The molecule has 1 N–H and O–H groups in total. The monoisotopic (exact) mass is 407 g/mol. The summed E-state index contributed by atoms with van der Waals surface area (Å²) >= 11 is 7.45. The van der Waals surface area contributed by atoms with E-state index in [2.05, 4.69) is 5.32 Å². The molecule has 1 heterocycles. The molecule has 1 aromatic heterocycles. The smallest absolute Gasteiger partial charge is 0.349 e. The molecule has 0 saturated heterocycles. The summed E-state index contributed by atoms with van der Waals surface area (Å²) < 4.78 is 10.6. The molecule has 5 nitrogen and oxygen atoms in total. The Bertz CT molecular complexity index is 825. The van der Waals surface area contributed by atoms with E-state index in [-0.39, 0.29) is 0 Å². The minimum Gasteiger partial charge on any atom is -0.495 e. The van der Waals surface area contributed by atoms with Crippen LogP contribution < -0.4 is 10.1 Å². The number of halogens is 1. The van der Waals surface area contributed by atoms with Crippen LogP contribution in [0.15, 0.2) is 24.3 Å². The molecular weight excluding hydrogens is 386 g/mol. The SMILES string of the molecule is COc1ccc(Cl)cc1NC(=O)C(C)OC(=O)c1cc2c(s1)CCCCC2. The summed E-state index contributed by atoms with van der Waals surface area (Å²) in [5, 5.41) is 3.16. The molecule has 1 unspecified atom stereocenters. The molecule has 0 saturated carbocycles. The Morgan fingerprint density at radius 3 is 2.74 bits per heavy atom. The van der Waals surface area contributed by atoms with Crippen molar-refractivity contribution >= 4 is 40.5 Å². The first-order valence-corrected chi connectivity index (χ1v) is 10.1. The van der Waals surface area contributed by atoms with E-state index in [1.165, 1.54) is 35.3 Å². The number of anilines is 1. The number of nitrogens with one attached hydrogen (secondary N) is 1. The molecule has 0 aliphatic heterocycles. The lowest BCUT2D eigenvalue weighted by molar-refractivity contribution is -0.123. The van der Waals surface area contributed by atoms with Gasteiger partial charge in [-0.2, -0.15) is 0 Å². The Kier molecular flexibility index (Phi) is 6.39. The lowest BCUT2D eigenvalue weighted by atomic mass is 10.1. The number of benzene rings is 1. The van der Waals surface area contributed by atoms with E-state index < -0.39 is 18.0 Å². The van der Waals surface area contributed by atoms with Crippen molar-refractivity contribution < 1.29 is 19.1 Å². The third-order valence-electron chi connectivity index (χ3n) is 4.52. The molecule has 3 rings (SSSR count). The van der Waals surface area contributed by atoms with E-state index in [0.29, 0.717) is 21.3 Å². The molecular formula is C20H22ClNO4S. The average molecular weight is 408 g/mol. The maximum atomic E-state index is 12.5. The summed E-state index contributed by atoms with van der Waals surface area (Å²) in [7, 11) is 1.50. The van der Waals surface area contributed by atoms with Crippen molar-refractivity contribution in [2.45, 2.75) is 45.1 Å². The van der Waals surface area contributed by atoms with Crippen LogP contribution in [0.25, 0.3) is 0 Å². The molecule has 1 aliphatic carbocycles. The molecule has 0 bridgehead atoms. The minimum atomic E-state index is -0.942. The normalized spacial score (nSPS) is 14.6. The third kappa shape index (κ3) is 4.82. The van der Waals surface area contributed by atoms with Gasteiger partial charge in [0.05, 0.1) is 12.8 Å². The van der Waals surface area contributed by atoms with Gasteiger partial charge in [0.15, 0.2) is 6.10 Å². The predicted octanol–water partition coefficient (Wildman–Crippen LogP) is 4.86. The third-order valence-corrected chi connectivity index (χ3v) is 5.97. The van der Waals surface area contributed by atoms with Crippen molar-refractivity contribution in [2.75, 3.05) is 12.4 Å². The Morgan fingerprint density at radius 1 is 1.19 bits per heavy atom. The number of amides is 1. The van der Waals surface area contributed by atoms with Gasteiger partial charge in [0.1, 0.15) is 10.6 Å². The summed E-state index contributed by atoms with van der Waals surface area (Å²) in [6.07, 6.45) is 4.61. The van der Waals surface area contributed by atoms with E-state index in [1.807, 2.05) is 6.07 Å². The van der Waals surface area contributed by atoms with Crippen molar-refractivity contribution in [2.24, 2.45) is 0 Å². The van der Waals surface area contributed by atoms with Crippen LogP contribution in [-0.4, -0.2) is 25.1 Å². The number of rotatable bonds is 5. The lowest BCUT2D eigenvalue weighted by Crippen LogP contribution is -2.30. The summed E-state index contributed by atoms with van der Waals surface area (Å²) in [5.41, 5.74) is 1.67. The van der Waals surface area contributed by atoms with Crippen molar-refractivity contribution in [3.63, 3.8) is 0 Å². The maximum Gasteiger partial charge on any atom is 0.349 e. The molecule has 1 aromatic carbocycles. The zero-order valence-corrected chi connectivity index (χ0v) is 16.9. The van der Waals surface area contributed by atoms with Crippen LogP contribution in [0.2, 0.25) is 5.02 Å². The van der Waals surface area contributed by atoms with Crippen LogP contribution in [0, 0.1) is 0 Å². The number of esters is 1. The van der Waals surface area contributed by atoms with Crippen LogP contribution in [0.4, 0.5) is 5.69 Å². The van der Waals surface area contributed by atoms with Crippen LogP contribution in [0.1, 0.15) is 46.3 Å². The van der Waals surface area contributed by atoms with Crippen molar-refractivity contribution in [1.82, 2.24) is 0 Å². The predicted molar refractivity (Wildman–Crippen MR) is 107 cm³/mol. The summed E-state index contributed by atoms with van der Waals surface area (Å²) in [5.74, 6) is -0.427. The number of fused-ring (bicyclic) bond motifs is 1. The van der Waals surface area contributed by atoms with Gasteiger partial charge in [0.2, 0.25) is 0 Å². The van der Waals surface area contributed by atoms with Crippen LogP contribution >= 0.6 is 22.9 Å². The van der Waals surface area contributed by atoms with Gasteiger partial charge in [-0.05, 0) is 62.4 Å². The van der Waals surface area contributed by atoms with Crippen LogP contribution in [0.3, 0.4) is 0 Å². The van der Waals surface area contributed by atoms with E-state index in [9.17, 15) is 9.59 Å². The van der Waals surface area contributed by atoms with Gasteiger partial charge in [0, 0.05) is 9.90 Å². The molecule has 0 fully saturated rings. The Balaban J connectivity index is 1.64. The number of ether oxygens (including phenoxy) is 2. The van der Waals surface area contributed by atoms with Gasteiger partial charge in [-0.1, -0.05) is 18.0 Å². The number of aryl methyl sites for hydroxylation is 2. The molecule has 1 atom stereocenters. The van der Waals surface area contributed by atoms with E-state index >= 15 is 0 Å². The number of thiophene rings is 1. The minimum absolute atomic E-state index is 0.431. The summed E-state index contributed by atoms with van der Waals surface area (Å²) in [4.78, 5) is 26.7. The van der Waals surface area contributed by atoms with Gasteiger partial charge in [-0.15, -0.1) is 11.3 Å². The van der Waals surface area contributed by atoms with Crippen molar-refractivity contribution in [3.05, 3.63) is 44.6 Å². The molecule has 27 heavy (non-hydrogen) atoms. The molecule has 0 radical (unpaired) electrons. The first-order chi connectivity index (χ1) is 13.0. The highest BCUT2D eigenvalue weighted by Gasteiger charge is 2.23. The maximum absolute atomic E-state index is 12.5. The Morgan fingerprint density at radius 2 is 1.96 bits per heavy atom. The fourth-order valence-electron chi connectivity index (χ4n) is 3.05. The molecule has 144 valence electrons. The molecule has 1 aliphatic rings. The molecule has 7 heteroatoms. The van der Waals surface area contributed by atoms with E-state index in [1.54, 1.807) is 25.1 Å². The molecule has 2 aromatic rings. The highest BCUT2D eigenvalue weighted by molar-refractivity contribution is 7.14. The fourth-order valence-corrected chi connectivity index (χ4v) is 4.36. The van der Waals surface area contributed by atoms with Gasteiger partial charge in [0.25, 0.3) is 5.91 Å². The quantitative estimate of drug-likeness (QED) is 0.567. The number of carbonyl (C=O) groups is 2. The first-order valence-electron chi connectivity index (χ1n) is 8.95. The Hall–Kier alpha value is -2.05.